The predicted octanol–water partition coefficient (Wildman–Crippen LogP) is 1.26. The Labute approximate surface area is 105 Å². The average molecular weight is 248 g/mol. The van der Waals surface area contributed by atoms with E-state index < -0.39 is 0 Å². The van der Waals surface area contributed by atoms with Gasteiger partial charge in [-0.1, -0.05) is 11.8 Å². The first kappa shape index (κ1) is 13.0. The van der Waals surface area contributed by atoms with Crippen LogP contribution >= 0.6 is 12.2 Å². The van der Waals surface area contributed by atoms with Gasteiger partial charge in [0, 0.05) is 11.3 Å². The highest BCUT2D eigenvalue weighted by atomic mass is 32.1. The standard InChI is InChI=1S/C12H12N2O2S/c1-16-11(15)4-2-3-9-5-7-10(8-6-9)14-12(13)17/h5-8H,4H2,1H3,(H3,13,14,17). The number of hydrogen-bond donors (Lipinski definition) is 2. The van der Waals surface area contributed by atoms with Gasteiger partial charge in [0.25, 0.3) is 0 Å². The molecule has 1 rings (SSSR count). The number of rotatable bonds is 2. The number of anilines is 1. The van der Waals surface area contributed by atoms with Gasteiger partial charge in [-0.05, 0) is 36.5 Å². The SMILES string of the molecule is COC(=O)CC#Cc1ccc(NC(N)=S)cc1. The molecule has 17 heavy (non-hydrogen) atoms. The third-order valence-corrected chi connectivity index (χ3v) is 1.95. The van der Waals surface area contributed by atoms with Crippen molar-refractivity contribution in [1.29, 1.82) is 0 Å². The summed E-state index contributed by atoms with van der Waals surface area (Å²) in [5.41, 5.74) is 6.94. The fourth-order valence-electron chi connectivity index (χ4n) is 1.07. The van der Waals surface area contributed by atoms with E-state index in [1.807, 2.05) is 12.1 Å². The zero-order valence-corrected chi connectivity index (χ0v) is 10.1. The lowest BCUT2D eigenvalue weighted by Gasteiger charge is -2.02. The molecule has 0 aromatic heterocycles. The van der Waals surface area contributed by atoms with E-state index in [-0.39, 0.29) is 17.5 Å². The minimum Gasteiger partial charge on any atom is -0.468 e. The van der Waals surface area contributed by atoms with Crippen LogP contribution in [0, 0.1) is 11.8 Å². The zero-order chi connectivity index (χ0) is 12.7. The molecule has 0 radical (unpaired) electrons. The van der Waals surface area contributed by atoms with Crippen LogP contribution in [-0.4, -0.2) is 18.2 Å². The van der Waals surface area contributed by atoms with Gasteiger partial charge in [0.15, 0.2) is 5.11 Å². The summed E-state index contributed by atoms with van der Waals surface area (Å²) in [6.45, 7) is 0. The van der Waals surface area contributed by atoms with E-state index in [4.69, 9.17) is 18.0 Å². The van der Waals surface area contributed by atoms with Gasteiger partial charge in [-0.2, -0.15) is 0 Å². The largest absolute Gasteiger partial charge is 0.468 e. The lowest BCUT2D eigenvalue weighted by Crippen LogP contribution is -2.18. The molecular formula is C12H12N2O2S. The van der Waals surface area contributed by atoms with Crippen molar-refractivity contribution in [3.05, 3.63) is 29.8 Å². The number of methoxy groups -OCH3 is 1. The third-order valence-electron chi connectivity index (χ3n) is 1.85. The smallest absolute Gasteiger partial charge is 0.317 e. The van der Waals surface area contributed by atoms with Gasteiger partial charge < -0.3 is 15.8 Å². The van der Waals surface area contributed by atoms with Gasteiger partial charge in [0.1, 0.15) is 6.42 Å². The molecule has 0 spiro atoms. The first-order valence-corrected chi connectivity index (χ1v) is 5.25. The molecule has 3 N–H and O–H groups in total. The van der Waals surface area contributed by atoms with Crippen molar-refractivity contribution in [2.75, 3.05) is 12.4 Å². The Morgan fingerprint density at radius 1 is 1.47 bits per heavy atom. The Hall–Kier alpha value is -2.06. The molecule has 0 heterocycles. The number of nitrogens with two attached hydrogens (primary N) is 1. The molecule has 0 saturated heterocycles. The quantitative estimate of drug-likeness (QED) is 0.468. The van der Waals surface area contributed by atoms with Crippen LogP contribution in [0.4, 0.5) is 5.69 Å². The molecular weight excluding hydrogens is 236 g/mol. The molecule has 0 fully saturated rings. The highest BCUT2D eigenvalue weighted by Crippen LogP contribution is 2.08. The number of hydrogen-bond acceptors (Lipinski definition) is 3. The van der Waals surface area contributed by atoms with Crippen molar-refractivity contribution < 1.29 is 9.53 Å². The van der Waals surface area contributed by atoms with E-state index in [1.165, 1.54) is 7.11 Å². The van der Waals surface area contributed by atoms with Crippen LogP contribution in [0.1, 0.15) is 12.0 Å². The molecule has 1 aromatic carbocycles. The maximum absolute atomic E-state index is 10.8. The lowest BCUT2D eigenvalue weighted by molar-refractivity contribution is -0.139. The summed E-state index contributed by atoms with van der Waals surface area (Å²) in [5, 5.41) is 3.02. The molecule has 0 aliphatic heterocycles. The molecule has 0 aliphatic carbocycles. The summed E-state index contributed by atoms with van der Waals surface area (Å²) in [5.74, 6) is 5.22. The van der Waals surface area contributed by atoms with Gasteiger partial charge in [0.05, 0.1) is 7.11 Å². The zero-order valence-electron chi connectivity index (χ0n) is 9.32. The maximum Gasteiger partial charge on any atom is 0.317 e. The molecule has 88 valence electrons. The molecule has 0 saturated carbocycles. The monoisotopic (exact) mass is 248 g/mol. The number of esters is 1. The van der Waals surface area contributed by atoms with Gasteiger partial charge in [-0.3, -0.25) is 4.79 Å². The summed E-state index contributed by atoms with van der Waals surface area (Å²) in [6, 6.07) is 7.23. The third kappa shape index (κ3) is 5.00. The highest BCUT2D eigenvalue weighted by molar-refractivity contribution is 7.80. The summed E-state index contributed by atoms with van der Waals surface area (Å²) < 4.78 is 4.47. The maximum atomic E-state index is 10.8. The minimum absolute atomic E-state index is 0.0867. The molecule has 0 amide bonds. The summed E-state index contributed by atoms with van der Waals surface area (Å²) in [6.07, 6.45) is 0.0867. The number of ether oxygens (including phenoxy) is 1. The number of benzene rings is 1. The predicted molar refractivity (Wildman–Crippen MR) is 70.4 cm³/mol. The lowest BCUT2D eigenvalue weighted by atomic mass is 10.2. The Balaban J connectivity index is 2.62. The molecule has 1 aromatic rings. The van der Waals surface area contributed by atoms with Crippen LogP contribution in [0.5, 0.6) is 0 Å². The molecule has 4 nitrogen and oxygen atoms in total. The van der Waals surface area contributed by atoms with Crippen molar-refractivity contribution in [3.8, 4) is 11.8 Å². The van der Waals surface area contributed by atoms with E-state index in [0.29, 0.717) is 0 Å². The number of nitrogens with one attached hydrogen (secondary N) is 1. The van der Waals surface area contributed by atoms with E-state index in [0.717, 1.165) is 11.3 Å². The van der Waals surface area contributed by atoms with Crippen molar-refractivity contribution in [1.82, 2.24) is 0 Å². The minimum atomic E-state index is -0.343. The summed E-state index contributed by atoms with van der Waals surface area (Å²) >= 11 is 4.71. The van der Waals surface area contributed by atoms with E-state index in [2.05, 4.69) is 21.9 Å². The molecule has 0 aliphatic rings. The fourth-order valence-corrected chi connectivity index (χ4v) is 1.19. The molecule has 0 atom stereocenters. The number of thiocarbonyl (C=S) groups is 1. The molecule has 0 bridgehead atoms. The van der Waals surface area contributed by atoms with Crippen LogP contribution in [0.3, 0.4) is 0 Å². The van der Waals surface area contributed by atoms with Crippen molar-refractivity contribution in [3.63, 3.8) is 0 Å². The second-order valence-corrected chi connectivity index (χ2v) is 3.56. The average Bonchev–Trinajstić information content (AvgIpc) is 2.30. The number of carbonyl (C=O) groups excluding carboxylic acids is 1. The van der Waals surface area contributed by atoms with E-state index in [9.17, 15) is 4.79 Å². The van der Waals surface area contributed by atoms with Crippen molar-refractivity contribution in [2.45, 2.75) is 6.42 Å². The second-order valence-electron chi connectivity index (χ2n) is 3.12. The van der Waals surface area contributed by atoms with Gasteiger partial charge in [-0.15, -0.1) is 0 Å². The highest BCUT2D eigenvalue weighted by Gasteiger charge is 1.95. The number of carbonyl (C=O) groups is 1. The first-order valence-electron chi connectivity index (χ1n) is 4.84. The Bertz CT molecular complexity index is 472. The normalized spacial score (nSPS) is 8.76. The Morgan fingerprint density at radius 2 is 2.12 bits per heavy atom. The van der Waals surface area contributed by atoms with Crippen LogP contribution in [0.15, 0.2) is 24.3 Å². The van der Waals surface area contributed by atoms with Crippen LogP contribution in [0.25, 0.3) is 0 Å². The topological polar surface area (TPSA) is 64.3 Å². The van der Waals surface area contributed by atoms with E-state index >= 15 is 0 Å². The first-order chi connectivity index (χ1) is 8.11. The van der Waals surface area contributed by atoms with Crippen molar-refractivity contribution >= 4 is 29.0 Å². The van der Waals surface area contributed by atoms with Crippen molar-refractivity contribution in [2.24, 2.45) is 5.73 Å². The molecule has 5 heteroatoms. The second kappa shape index (κ2) is 6.51. The fraction of sp³-hybridized carbons (Fsp3) is 0.167. The van der Waals surface area contributed by atoms with Crippen LogP contribution < -0.4 is 11.1 Å². The Morgan fingerprint density at radius 3 is 2.65 bits per heavy atom. The Kier molecular flexibility index (Phi) is 4.98. The van der Waals surface area contributed by atoms with Gasteiger partial charge in [-0.25, -0.2) is 0 Å². The van der Waals surface area contributed by atoms with Crippen LogP contribution in [0.2, 0.25) is 0 Å². The van der Waals surface area contributed by atoms with Crippen LogP contribution in [-0.2, 0) is 9.53 Å². The van der Waals surface area contributed by atoms with E-state index in [1.54, 1.807) is 12.1 Å². The summed E-state index contributed by atoms with van der Waals surface area (Å²) in [4.78, 5) is 10.8. The van der Waals surface area contributed by atoms with Gasteiger partial charge in [0.2, 0.25) is 0 Å². The molecule has 0 unspecified atom stereocenters. The van der Waals surface area contributed by atoms with Gasteiger partial charge >= 0.3 is 5.97 Å². The summed E-state index contributed by atoms with van der Waals surface area (Å²) in [7, 11) is 1.33.